The molecule has 0 aliphatic rings. The lowest BCUT2D eigenvalue weighted by Crippen LogP contribution is -2.57. The average molecular weight is 594 g/mol. The van der Waals surface area contributed by atoms with Crippen molar-refractivity contribution in [2.24, 2.45) is 5.73 Å². The van der Waals surface area contributed by atoms with Crippen LogP contribution in [0.25, 0.3) is 10.9 Å². The van der Waals surface area contributed by atoms with E-state index in [1.807, 2.05) is 24.3 Å². The number of H-pyrrole nitrogens is 1. The zero-order chi connectivity index (χ0) is 30.5. The summed E-state index contributed by atoms with van der Waals surface area (Å²) in [6.45, 7) is 0. The maximum atomic E-state index is 13.2. The van der Waals surface area contributed by atoms with E-state index in [2.05, 4.69) is 20.9 Å². The predicted molar refractivity (Wildman–Crippen MR) is 150 cm³/mol. The van der Waals surface area contributed by atoms with E-state index in [-0.39, 0.29) is 25.7 Å². The van der Waals surface area contributed by atoms with E-state index in [1.54, 1.807) is 12.5 Å². The second-order valence-electron chi connectivity index (χ2n) is 9.34. The van der Waals surface area contributed by atoms with Crippen LogP contribution >= 0.6 is 11.8 Å². The van der Waals surface area contributed by atoms with E-state index < -0.39 is 72.6 Å². The first-order chi connectivity index (χ1) is 19.4. The molecule has 4 unspecified atom stereocenters. The number of carbonyl (C=O) groups excluding carboxylic acids is 3. The van der Waals surface area contributed by atoms with Crippen LogP contribution in [0.3, 0.4) is 0 Å². The van der Waals surface area contributed by atoms with Crippen LogP contribution < -0.4 is 21.7 Å². The van der Waals surface area contributed by atoms with Gasteiger partial charge in [0.2, 0.25) is 17.7 Å². The fourth-order valence-electron chi connectivity index (χ4n) is 4.02. The fourth-order valence-corrected chi connectivity index (χ4v) is 4.49. The van der Waals surface area contributed by atoms with Crippen LogP contribution in [0.15, 0.2) is 30.5 Å². The lowest BCUT2D eigenvalue weighted by atomic mass is 10.0. The Hall–Kier alpha value is -4.11. The molecular weight excluding hydrogens is 558 g/mol. The van der Waals surface area contributed by atoms with Gasteiger partial charge in [-0.3, -0.25) is 24.0 Å². The van der Waals surface area contributed by atoms with Gasteiger partial charge in [-0.15, -0.1) is 0 Å². The molecule has 0 saturated heterocycles. The van der Waals surface area contributed by atoms with Crippen molar-refractivity contribution in [1.82, 2.24) is 20.9 Å². The number of aliphatic carboxylic acids is 3. The molecule has 0 spiro atoms. The fraction of sp³-hybridized carbons (Fsp3) is 0.462. The Morgan fingerprint density at radius 2 is 1.37 bits per heavy atom. The van der Waals surface area contributed by atoms with Crippen LogP contribution in [0.4, 0.5) is 0 Å². The number of amides is 3. The minimum Gasteiger partial charge on any atom is -0.481 e. The summed E-state index contributed by atoms with van der Waals surface area (Å²) < 4.78 is 0. The van der Waals surface area contributed by atoms with E-state index >= 15 is 0 Å². The Balaban J connectivity index is 2.14. The smallest absolute Gasteiger partial charge is 0.326 e. The van der Waals surface area contributed by atoms with Gasteiger partial charge in [-0.25, -0.2) is 4.79 Å². The number of benzene rings is 1. The highest BCUT2D eigenvalue weighted by Gasteiger charge is 2.31. The number of aromatic amines is 1. The first-order valence-electron chi connectivity index (χ1n) is 12.8. The summed E-state index contributed by atoms with van der Waals surface area (Å²) in [5.74, 6) is -5.90. The Kier molecular flexibility index (Phi) is 13.1. The minimum absolute atomic E-state index is 0.0870. The van der Waals surface area contributed by atoms with E-state index in [4.69, 9.17) is 15.9 Å². The van der Waals surface area contributed by atoms with Gasteiger partial charge in [-0.1, -0.05) is 18.2 Å². The monoisotopic (exact) mass is 593 g/mol. The topological polar surface area (TPSA) is 241 Å². The molecule has 0 radical (unpaired) electrons. The van der Waals surface area contributed by atoms with Crippen molar-refractivity contribution >= 4 is 58.3 Å². The van der Waals surface area contributed by atoms with Gasteiger partial charge in [-0.2, -0.15) is 11.8 Å². The number of nitrogens with two attached hydrogens (primary N) is 1. The van der Waals surface area contributed by atoms with Crippen LogP contribution in [-0.4, -0.2) is 92.1 Å². The van der Waals surface area contributed by atoms with Crippen LogP contribution in [0.2, 0.25) is 0 Å². The zero-order valence-corrected chi connectivity index (χ0v) is 23.2. The number of carbonyl (C=O) groups is 6. The van der Waals surface area contributed by atoms with E-state index in [0.717, 1.165) is 16.5 Å². The molecule has 2 aromatic rings. The summed E-state index contributed by atoms with van der Waals surface area (Å²) in [4.78, 5) is 75.7. The summed E-state index contributed by atoms with van der Waals surface area (Å²) in [6.07, 6.45) is 2.08. The van der Waals surface area contributed by atoms with Gasteiger partial charge < -0.3 is 42.0 Å². The molecule has 1 aromatic heterocycles. The van der Waals surface area contributed by atoms with Crippen molar-refractivity contribution in [2.75, 3.05) is 12.0 Å². The second-order valence-corrected chi connectivity index (χ2v) is 10.3. The van der Waals surface area contributed by atoms with Crippen LogP contribution in [0.1, 0.15) is 37.7 Å². The van der Waals surface area contributed by atoms with Gasteiger partial charge in [0, 0.05) is 29.9 Å². The summed E-state index contributed by atoms with van der Waals surface area (Å²) in [5.41, 5.74) is 7.75. The van der Waals surface area contributed by atoms with Crippen LogP contribution in [-0.2, 0) is 35.2 Å². The van der Waals surface area contributed by atoms with E-state index in [0.29, 0.717) is 5.75 Å². The standard InChI is InChI=1S/C26H35N5O9S/c1-41-11-10-19(25(38)31-20(26(39)40)7-9-22(34)35)30-24(37)18(6-8-21(32)33)29-23(36)16(27)12-14-13-28-17-5-3-2-4-15(14)17/h2-5,13,16,18-20,28H,6-12,27H2,1H3,(H,29,36)(H,30,37)(H,31,38)(H,32,33)(H,34,35)(H,39,40). The quantitative estimate of drug-likeness (QED) is 0.115. The maximum absolute atomic E-state index is 13.2. The molecule has 1 aromatic carbocycles. The number of carboxylic acids is 3. The minimum atomic E-state index is -1.50. The third-order valence-corrected chi connectivity index (χ3v) is 6.88. The lowest BCUT2D eigenvalue weighted by Gasteiger charge is -2.25. The molecule has 41 heavy (non-hydrogen) atoms. The zero-order valence-electron chi connectivity index (χ0n) is 22.4. The molecule has 0 bridgehead atoms. The predicted octanol–water partition coefficient (Wildman–Crippen LogP) is 0.0594. The molecule has 2 rings (SSSR count). The first-order valence-corrected chi connectivity index (χ1v) is 14.2. The molecule has 0 aliphatic heterocycles. The number of rotatable bonds is 18. The number of thioether (sulfide) groups is 1. The highest BCUT2D eigenvalue weighted by Crippen LogP contribution is 2.19. The SMILES string of the molecule is CSCCC(NC(=O)C(CCC(=O)O)NC(=O)C(N)Cc1c[nH]c2ccccc12)C(=O)NC(CCC(=O)O)C(=O)O. The van der Waals surface area contributed by atoms with Crippen LogP contribution in [0.5, 0.6) is 0 Å². The molecule has 4 atom stereocenters. The normalized spacial score (nSPS) is 13.9. The van der Waals surface area contributed by atoms with Gasteiger partial charge in [0.15, 0.2) is 0 Å². The molecule has 0 saturated carbocycles. The highest BCUT2D eigenvalue weighted by atomic mass is 32.2. The van der Waals surface area contributed by atoms with Crippen molar-refractivity contribution in [1.29, 1.82) is 0 Å². The molecule has 1 heterocycles. The summed E-state index contributed by atoms with van der Waals surface area (Å²) in [6, 6.07) is 2.27. The van der Waals surface area contributed by atoms with Crippen molar-refractivity contribution in [3.05, 3.63) is 36.0 Å². The third-order valence-electron chi connectivity index (χ3n) is 6.24. The number of hydrogen-bond acceptors (Lipinski definition) is 8. The van der Waals surface area contributed by atoms with Gasteiger partial charge in [0.1, 0.15) is 18.1 Å². The largest absolute Gasteiger partial charge is 0.481 e. The van der Waals surface area contributed by atoms with Crippen molar-refractivity contribution in [2.45, 2.75) is 62.7 Å². The second kappa shape index (κ2) is 16.2. The van der Waals surface area contributed by atoms with E-state index in [1.165, 1.54) is 11.8 Å². The van der Waals surface area contributed by atoms with Gasteiger partial charge in [-0.05, 0) is 49.3 Å². The molecule has 14 nitrogen and oxygen atoms in total. The molecule has 3 amide bonds. The summed E-state index contributed by atoms with van der Waals surface area (Å²) in [5, 5.41) is 35.4. The molecule has 9 N–H and O–H groups in total. The molecule has 0 fully saturated rings. The van der Waals surface area contributed by atoms with Crippen LogP contribution in [0, 0.1) is 0 Å². The van der Waals surface area contributed by atoms with Gasteiger partial charge >= 0.3 is 17.9 Å². The third kappa shape index (κ3) is 10.8. The Morgan fingerprint density at radius 3 is 1.95 bits per heavy atom. The number of para-hydroxylation sites is 1. The molecule has 224 valence electrons. The average Bonchev–Trinajstić information content (AvgIpc) is 3.32. The number of hydrogen-bond donors (Lipinski definition) is 8. The summed E-state index contributed by atoms with van der Waals surface area (Å²) in [7, 11) is 0. The molecular formula is C26H35N5O9S. The lowest BCUT2D eigenvalue weighted by molar-refractivity contribution is -0.143. The molecule has 15 heteroatoms. The number of nitrogens with one attached hydrogen (secondary N) is 4. The van der Waals surface area contributed by atoms with Crippen molar-refractivity contribution in [3.63, 3.8) is 0 Å². The number of fused-ring (bicyclic) bond motifs is 1. The van der Waals surface area contributed by atoms with Crippen molar-refractivity contribution < 1.29 is 44.1 Å². The summed E-state index contributed by atoms with van der Waals surface area (Å²) >= 11 is 1.36. The molecule has 0 aliphatic carbocycles. The Morgan fingerprint density at radius 1 is 0.829 bits per heavy atom. The Bertz CT molecular complexity index is 1250. The Labute approximate surface area is 239 Å². The number of aromatic nitrogens is 1. The van der Waals surface area contributed by atoms with Gasteiger partial charge in [0.25, 0.3) is 0 Å². The van der Waals surface area contributed by atoms with E-state index in [9.17, 15) is 33.9 Å². The number of carboxylic acid groups (broad SMARTS) is 3. The van der Waals surface area contributed by atoms with Crippen molar-refractivity contribution in [3.8, 4) is 0 Å². The van der Waals surface area contributed by atoms with Gasteiger partial charge in [0.05, 0.1) is 6.04 Å². The first kappa shape index (κ1) is 33.1. The highest BCUT2D eigenvalue weighted by molar-refractivity contribution is 7.98. The maximum Gasteiger partial charge on any atom is 0.326 e.